The number of carboxylic acids is 1. The Morgan fingerprint density at radius 2 is 2.00 bits per heavy atom. The summed E-state index contributed by atoms with van der Waals surface area (Å²) in [5.74, 6) is -1.99. The number of hydrogen-bond donors (Lipinski definition) is 2. The predicted octanol–water partition coefficient (Wildman–Crippen LogP) is 3.02. The molecule has 0 unspecified atom stereocenters. The van der Waals surface area contributed by atoms with Crippen molar-refractivity contribution < 1.29 is 14.7 Å². The van der Waals surface area contributed by atoms with Crippen LogP contribution >= 0.6 is 11.3 Å². The lowest BCUT2D eigenvalue weighted by Crippen LogP contribution is -2.29. The second-order valence-electron chi connectivity index (χ2n) is 5.85. The van der Waals surface area contributed by atoms with Crippen LogP contribution in [0.15, 0.2) is 30.3 Å². The van der Waals surface area contributed by atoms with E-state index in [2.05, 4.69) is 10.3 Å². The number of carbonyl (C=O) groups is 2. The van der Waals surface area contributed by atoms with Crippen molar-refractivity contribution in [1.82, 2.24) is 10.3 Å². The molecule has 2 aromatic rings. The molecule has 5 nitrogen and oxygen atoms in total. The molecule has 3 rings (SSSR count). The van der Waals surface area contributed by atoms with E-state index in [0.717, 1.165) is 21.1 Å². The zero-order chi connectivity index (χ0) is 16.6. The largest absolute Gasteiger partial charge is 0.481 e. The third-order valence-corrected chi connectivity index (χ3v) is 5.44. The molecule has 120 valence electrons. The van der Waals surface area contributed by atoms with Crippen LogP contribution in [0.2, 0.25) is 0 Å². The lowest BCUT2D eigenvalue weighted by molar-refractivity contribution is -0.140. The van der Waals surface area contributed by atoms with Crippen molar-refractivity contribution in [2.24, 2.45) is 11.8 Å². The van der Waals surface area contributed by atoms with Gasteiger partial charge in [-0.2, -0.15) is 0 Å². The second-order valence-corrected chi connectivity index (χ2v) is 6.88. The van der Waals surface area contributed by atoms with E-state index in [4.69, 9.17) is 5.11 Å². The molecule has 0 radical (unpaired) electrons. The quantitative estimate of drug-likeness (QED) is 0.883. The minimum atomic E-state index is -0.891. The van der Waals surface area contributed by atoms with Crippen LogP contribution in [0, 0.1) is 18.8 Å². The van der Waals surface area contributed by atoms with Gasteiger partial charge in [0.15, 0.2) is 0 Å². The molecule has 1 aromatic carbocycles. The predicted molar refractivity (Wildman–Crippen MR) is 88.1 cm³/mol. The fourth-order valence-electron chi connectivity index (χ4n) is 2.66. The molecule has 0 saturated heterocycles. The van der Waals surface area contributed by atoms with Crippen LogP contribution in [0.1, 0.15) is 30.0 Å². The van der Waals surface area contributed by atoms with Gasteiger partial charge in [0.05, 0.1) is 28.4 Å². The molecule has 1 fully saturated rings. The summed E-state index contributed by atoms with van der Waals surface area (Å²) in [6.07, 6.45) is 0.435. The highest BCUT2D eigenvalue weighted by Crippen LogP contribution is 2.39. The van der Waals surface area contributed by atoms with Crippen LogP contribution in [-0.2, 0) is 9.59 Å². The molecule has 23 heavy (non-hydrogen) atoms. The Bertz CT molecular complexity index is 742. The first-order chi connectivity index (χ1) is 11.0. The molecule has 3 atom stereocenters. The molecular weight excluding hydrogens is 312 g/mol. The van der Waals surface area contributed by atoms with Gasteiger partial charge in [-0.1, -0.05) is 30.3 Å². The number of aromatic nitrogens is 1. The first-order valence-electron chi connectivity index (χ1n) is 7.53. The summed E-state index contributed by atoms with van der Waals surface area (Å²) in [7, 11) is 0. The molecule has 1 saturated carbocycles. The Morgan fingerprint density at radius 3 is 2.61 bits per heavy atom. The van der Waals surface area contributed by atoms with Gasteiger partial charge in [-0.3, -0.25) is 9.59 Å². The Balaban J connectivity index is 1.71. The SMILES string of the molecule is Cc1nc(-c2ccccc2)sc1[C@H](C)NC(=O)[C@H]1C[C@H]1C(=O)O. The van der Waals surface area contributed by atoms with Crippen LogP contribution < -0.4 is 5.32 Å². The molecule has 1 aromatic heterocycles. The normalized spacial score (nSPS) is 20.8. The van der Waals surface area contributed by atoms with Crippen molar-refractivity contribution in [3.63, 3.8) is 0 Å². The first-order valence-corrected chi connectivity index (χ1v) is 8.35. The van der Waals surface area contributed by atoms with Gasteiger partial charge in [-0.25, -0.2) is 4.98 Å². The number of amides is 1. The highest BCUT2D eigenvalue weighted by atomic mass is 32.1. The molecular formula is C17H18N2O3S. The van der Waals surface area contributed by atoms with Crippen molar-refractivity contribution in [1.29, 1.82) is 0 Å². The molecule has 1 aliphatic carbocycles. The van der Waals surface area contributed by atoms with E-state index < -0.39 is 17.8 Å². The van der Waals surface area contributed by atoms with Gasteiger partial charge in [0.1, 0.15) is 5.01 Å². The van der Waals surface area contributed by atoms with E-state index in [9.17, 15) is 9.59 Å². The maximum atomic E-state index is 12.1. The summed E-state index contributed by atoms with van der Waals surface area (Å²) in [5, 5.41) is 12.8. The number of hydrogen-bond acceptors (Lipinski definition) is 4. The zero-order valence-corrected chi connectivity index (χ0v) is 13.8. The monoisotopic (exact) mass is 330 g/mol. The third kappa shape index (κ3) is 3.27. The zero-order valence-electron chi connectivity index (χ0n) is 12.9. The van der Waals surface area contributed by atoms with E-state index in [1.807, 2.05) is 44.2 Å². The maximum absolute atomic E-state index is 12.1. The number of aliphatic carboxylic acids is 1. The average molecular weight is 330 g/mol. The Morgan fingerprint density at radius 1 is 1.30 bits per heavy atom. The molecule has 0 bridgehead atoms. The van der Waals surface area contributed by atoms with Crippen LogP contribution in [0.5, 0.6) is 0 Å². The summed E-state index contributed by atoms with van der Waals surface area (Å²) in [6, 6.07) is 9.74. The third-order valence-electron chi connectivity index (χ3n) is 4.05. The van der Waals surface area contributed by atoms with E-state index >= 15 is 0 Å². The number of nitrogens with one attached hydrogen (secondary N) is 1. The van der Waals surface area contributed by atoms with E-state index in [0.29, 0.717) is 6.42 Å². The minimum absolute atomic E-state index is 0.174. The molecule has 6 heteroatoms. The number of carbonyl (C=O) groups excluding carboxylic acids is 1. The summed E-state index contributed by atoms with van der Waals surface area (Å²) < 4.78 is 0. The van der Waals surface area contributed by atoms with E-state index in [-0.39, 0.29) is 11.9 Å². The summed E-state index contributed by atoms with van der Waals surface area (Å²) >= 11 is 1.56. The topological polar surface area (TPSA) is 79.3 Å². The number of rotatable bonds is 5. The van der Waals surface area contributed by atoms with Gasteiger partial charge >= 0.3 is 5.97 Å². The first kappa shape index (κ1) is 15.7. The molecule has 0 spiro atoms. The van der Waals surface area contributed by atoms with Gasteiger partial charge in [0, 0.05) is 5.56 Å². The van der Waals surface area contributed by atoms with Gasteiger partial charge in [-0.15, -0.1) is 11.3 Å². The highest BCUT2D eigenvalue weighted by Gasteiger charge is 2.48. The maximum Gasteiger partial charge on any atom is 0.307 e. The van der Waals surface area contributed by atoms with Gasteiger partial charge < -0.3 is 10.4 Å². The Kier molecular flexibility index (Phi) is 4.17. The van der Waals surface area contributed by atoms with E-state index in [1.165, 1.54) is 0 Å². The van der Waals surface area contributed by atoms with Gasteiger partial charge in [0.2, 0.25) is 5.91 Å². The van der Waals surface area contributed by atoms with Gasteiger partial charge in [0.25, 0.3) is 0 Å². The molecule has 2 N–H and O–H groups in total. The summed E-state index contributed by atoms with van der Waals surface area (Å²) in [4.78, 5) is 28.6. The van der Waals surface area contributed by atoms with Gasteiger partial charge in [-0.05, 0) is 20.3 Å². The number of thiazole rings is 1. The van der Waals surface area contributed by atoms with Crippen molar-refractivity contribution >= 4 is 23.2 Å². The number of benzene rings is 1. The van der Waals surface area contributed by atoms with Crippen molar-refractivity contribution in [2.45, 2.75) is 26.3 Å². The van der Waals surface area contributed by atoms with Crippen LogP contribution in [-0.4, -0.2) is 22.0 Å². The minimum Gasteiger partial charge on any atom is -0.481 e. The lowest BCUT2D eigenvalue weighted by Gasteiger charge is -2.12. The van der Waals surface area contributed by atoms with Crippen LogP contribution in [0.25, 0.3) is 10.6 Å². The summed E-state index contributed by atoms with van der Waals surface area (Å²) in [6.45, 7) is 3.84. The number of carboxylic acid groups (broad SMARTS) is 1. The second kappa shape index (κ2) is 6.12. The van der Waals surface area contributed by atoms with Crippen molar-refractivity contribution in [3.8, 4) is 10.6 Å². The van der Waals surface area contributed by atoms with Crippen molar-refractivity contribution in [3.05, 3.63) is 40.9 Å². The smallest absolute Gasteiger partial charge is 0.307 e. The molecule has 1 aliphatic rings. The fourth-order valence-corrected chi connectivity index (χ4v) is 3.73. The number of nitrogens with zero attached hydrogens (tertiary/aromatic N) is 1. The molecule has 1 amide bonds. The fraction of sp³-hybridized carbons (Fsp3) is 0.353. The molecule has 1 heterocycles. The van der Waals surface area contributed by atoms with Crippen molar-refractivity contribution in [2.75, 3.05) is 0 Å². The Labute approximate surface area is 138 Å². The van der Waals surface area contributed by atoms with Crippen LogP contribution in [0.4, 0.5) is 0 Å². The molecule has 0 aliphatic heterocycles. The lowest BCUT2D eigenvalue weighted by atomic mass is 10.2. The van der Waals surface area contributed by atoms with Crippen LogP contribution in [0.3, 0.4) is 0 Å². The average Bonchev–Trinajstić information content (AvgIpc) is 3.25. The Hall–Kier alpha value is -2.21. The highest BCUT2D eigenvalue weighted by molar-refractivity contribution is 7.15. The summed E-state index contributed by atoms with van der Waals surface area (Å²) in [5.41, 5.74) is 1.95. The standard InChI is InChI=1S/C17H18N2O3S/c1-9(18-15(20)12-8-13(12)17(21)22)14-10(2)19-16(23-14)11-6-4-3-5-7-11/h3-7,9,12-13H,8H2,1-2H3,(H,18,20)(H,21,22)/t9-,12-,13+/m0/s1. The number of aryl methyl sites for hydroxylation is 1. The van der Waals surface area contributed by atoms with E-state index in [1.54, 1.807) is 11.3 Å².